The summed E-state index contributed by atoms with van der Waals surface area (Å²) < 4.78 is 5.47. The number of para-hydroxylation sites is 2. The molecule has 6 heteroatoms. The van der Waals surface area contributed by atoms with Crippen molar-refractivity contribution < 1.29 is 4.74 Å². The van der Waals surface area contributed by atoms with Crippen LogP contribution in [-0.4, -0.2) is 42.8 Å². The molecule has 1 aromatic carbocycles. The number of aryl methyl sites for hydroxylation is 1. The van der Waals surface area contributed by atoms with E-state index >= 15 is 0 Å². The number of nitrogens with one attached hydrogen (secondary N) is 2. The van der Waals surface area contributed by atoms with E-state index in [1.807, 2.05) is 19.1 Å². The maximum absolute atomic E-state index is 5.47. The summed E-state index contributed by atoms with van der Waals surface area (Å²) in [5.41, 5.74) is 3.19. The van der Waals surface area contributed by atoms with Gasteiger partial charge in [0.05, 0.1) is 24.6 Å². The van der Waals surface area contributed by atoms with Gasteiger partial charge in [0, 0.05) is 31.4 Å². The number of morpholine rings is 1. The van der Waals surface area contributed by atoms with Gasteiger partial charge >= 0.3 is 0 Å². The number of nitrogens with zero attached hydrogens (tertiary/aromatic N) is 3. The molecule has 1 saturated heterocycles. The van der Waals surface area contributed by atoms with Gasteiger partial charge in [-0.1, -0.05) is 31.9 Å². The minimum absolute atomic E-state index is 0.687. The Morgan fingerprint density at radius 3 is 2.73 bits per heavy atom. The number of hydrogen-bond donors (Lipinski definition) is 2. The highest BCUT2D eigenvalue weighted by Crippen LogP contribution is 2.29. The number of unbranched alkanes of at least 4 members (excludes halogenated alkanes) is 2. The molecule has 0 aliphatic carbocycles. The Labute approximate surface area is 156 Å². The molecule has 1 aliphatic heterocycles. The summed E-state index contributed by atoms with van der Waals surface area (Å²) in [5.74, 6) is 1.50. The van der Waals surface area contributed by atoms with E-state index in [0.29, 0.717) is 5.95 Å². The monoisotopic (exact) mass is 355 g/mol. The third kappa shape index (κ3) is 5.08. The van der Waals surface area contributed by atoms with Crippen molar-refractivity contribution in [1.82, 2.24) is 9.97 Å². The molecule has 0 spiro atoms. The summed E-state index contributed by atoms with van der Waals surface area (Å²) in [5, 5.41) is 6.81. The lowest BCUT2D eigenvalue weighted by Crippen LogP contribution is -2.36. The largest absolute Gasteiger partial charge is 0.378 e. The van der Waals surface area contributed by atoms with Crippen LogP contribution in [-0.2, 0) is 4.74 Å². The van der Waals surface area contributed by atoms with Crippen LogP contribution in [0.1, 0.15) is 31.9 Å². The smallest absolute Gasteiger partial charge is 0.224 e. The highest BCUT2D eigenvalue weighted by Gasteiger charge is 2.15. The molecule has 0 unspecified atom stereocenters. The predicted octanol–water partition coefficient (Wildman–Crippen LogP) is 3.97. The fourth-order valence-corrected chi connectivity index (χ4v) is 3.08. The third-order valence-corrected chi connectivity index (χ3v) is 4.44. The number of hydrogen-bond acceptors (Lipinski definition) is 6. The molecule has 6 nitrogen and oxygen atoms in total. The molecule has 1 aliphatic rings. The zero-order chi connectivity index (χ0) is 18.2. The number of aromatic nitrogens is 2. The van der Waals surface area contributed by atoms with Crippen molar-refractivity contribution in [2.75, 3.05) is 48.4 Å². The summed E-state index contributed by atoms with van der Waals surface area (Å²) in [4.78, 5) is 11.5. The molecule has 0 amide bonds. The van der Waals surface area contributed by atoms with Crippen molar-refractivity contribution >= 4 is 23.1 Å². The lowest BCUT2D eigenvalue weighted by atomic mass is 10.2. The third-order valence-electron chi connectivity index (χ3n) is 4.44. The summed E-state index contributed by atoms with van der Waals surface area (Å²) in [6.07, 6.45) is 3.56. The van der Waals surface area contributed by atoms with Gasteiger partial charge in [-0.2, -0.15) is 4.98 Å². The zero-order valence-corrected chi connectivity index (χ0v) is 15.8. The van der Waals surface area contributed by atoms with Gasteiger partial charge in [-0.15, -0.1) is 0 Å². The van der Waals surface area contributed by atoms with E-state index in [1.54, 1.807) is 0 Å². The van der Waals surface area contributed by atoms with Gasteiger partial charge < -0.3 is 20.3 Å². The Kier molecular flexibility index (Phi) is 6.66. The first kappa shape index (κ1) is 18.5. The molecular formula is C20H29N5O. The lowest BCUT2D eigenvalue weighted by Gasteiger charge is -2.30. The normalized spacial score (nSPS) is 14.3. The molecule has 26 heavy (non-hydrogen) atoms. The second-order valence-corrected chi connectivity index (χ2v) is 6.59. The van der Waals surface area contributed by atoms with E-state index in [9.17, 15) is 0 Å². The fraction of sp³-hybridized carbons (Fsp3) is 0.500. The van der Waals surface area contributed by atoms with Crippen LogP contribution in [0.5, 0.6) is 0 Å². The predicted molar refractivity (Wildman–Crippen MR) is 108 cm³/mol. The standard InChI is InChI=1S/C20H29N5O/c1-3-4-7-10-21-20-22-16(2)15-19(24-20)23-17-8-5-6-9-18(17)25-11-13-26-14-12-25/h5-6,8-9,15H,3-4,7,10-14H2,1-2H3,(H2,21,22,23,24). The fourth-order valence-electron chi connectivity index (χ4n) is 3.08. The van der Waals surface area contributed by atoms with Crippen LogP contribution in [0.25, 0.3) is 0 Å². The zero-order valence-electron chi connectivity index (χ0n) is 15.8. The molecule has 1 fully saturated rings. The Bertz CT molecular complexity index is 700. The van der Waals surface area contributed by atoms with Crippen LogP contribution in [0.15, 0.2) is 30.3 Å². The minimum atomic E-state index is 0.687. The van der Waals surface area contributed by atoms with Gasteiger partial charge in [0.1, 0.15) is 5.82 Å². The average molecular weight is 355 g/mol. The molecule has 3 rings (SSSR count). The Hall–Kier alpha value is -2.34. The van der Waals surface area contributed by atoms with Crippen LogP contribution in [0.4, 0.5) is 23.1 Å². The summed E-state index contributed by atoms with van der Waals surface area (Å²) in [6.45, 7) is 8.47. The lowest BCUT2D eigenvalue weighted by molar-refractivity contribution is 0.123. The second-order valence-electron chi connectivity index (χ2n) is 6.59. The van der Waals surface area contributed by atoms with Crippen molar-refractivity contribution in [2.24, 2.45) is 0 Å². The first-order valence-electron chi connectivity index (χ1n) is 9.54. The van der Waals surface area contributed by atoms with Crippen LogP contribution in [0, 0.1) is 6.92 Å². The van der Waals surface area contributed by atoms with E-state index < -0.39 is 0 Å². The maximum Gasteiger partial charge on any atom is 0.224 e. The molecular weight excluding hydrogens is 326 g/mol. The van der Waals surface area contributed by atoms with E-state index in [4.69, 9.17) is 4.74 Å². The Balaban J connectivity index is 1.73. The highest BCUT2D eigenvalue weighted by atomic mass is 16.5. The molecule has 140 valence electrons. The van der Waals surface area contributed by atoms with E-state index in [2.05, 4.69) is 50.6 Å². The van der Waals surface area contributed by atoms with Crippen molar-refractivity contribution in [2.45, 2.75) is 33.1 Å². The van der Waals surface area contributed by atoms with Crippen molar-refractivity contribution in [3.8, 4) is 0 Å². The molecule has 0 bridgehead atoms. The van der Waals surface area contributed by atoms with Crippen molar-refractivity contribution in [3.05, 3.63) is 36.0 Å². The van der Waals surface area contributed by atoms with Gasteiger partial charge in [-0.3, -0.25) is 0 Å². The first-order valence-corrected chi connectivity index (χ1v) is 9.54. The summed E-state index contributed by atoms with van der Waals surface area (Å²) in [6, 6.07) is 10.3. The van der Waals surface area contributed by atoms with Crippen LogP contribution in [0.3, 0.4) is 0 Å². The van der Waals surface area contributed by atoms with Crippen LogP contribution >= 0.6 is 0 Å². The van der Waals surface area contributed by atoms with E-state index in [1.165, 1.54) is 18.5 Å². The van der Waals surface area contributed by atoms with Crippen LogP contribution < -0.4 is 15.5 Å². The SMILES string of the molecule is CCCCCNc1nc(C)cc(Nc2ccccc2N2CCOCC2)n1. The molecule has 2 N–H and O–H groups in total. The first-order chi connectivity index (χ1) is 12.8. The molecule has 2 aromatic rings. The Morgan fingerprint density at radius 2 is 1.92 bits per heavy atom. The van der Waals surface area contributed by atoms with Gasteiger partial charge in [0.15, 0.2) is 0 Å². The second kappa shape index (κ2) is 9.38. The average Bonchev–Trinajstić information content (AvgIpc) is 2.66. The molecule has 1 aromatic heterocycles. The van der Waals surface area contributed by atoms with Crippen molar-refractivity contribution in [1.29, 1.82) is 0 Å². The summed E-state index contributed by atoms with van der Waals surface area (Å²) >= 11 is 0. The molecule has 0 atom stereocenters. The number of ether oxygens (including phenoxy) is 1. The number of rotatable bonds is 8. The van der Waals surface area contributed by atoms with Gasteiger partial charge in [-0.25, -0.2) is 4.98 Å². The molecule has 0 saturated carbocycles. The molecule has 0 radical (unpaired) electrons. The van der Waals surface area contributed by atoms with E-state index in [-0.39, 0.29) is 0 Å². The molecule has 2 heterocycles. The topological polar surface area (TPSA) is 62.3 Å². The van der Waals surface area contributed by atoms with Crippen LogP contribution in [0.2, 0.25) is 0 Å². The van der Waals surface area contributed by atoms with Gasteiger partial charge in [-0.05, 0) is 25.5 Å². The number of anilines is 4. The Morgan fingerprint density at radius 1 is 1.12 bits per heavy atom. The summed E-state index contributed by atoms with van der Waals surface area (Å²) in [7, 11) is 0. The maximum atomic E-state index is 5.47. The highest BCUT2D eigenvalue weighted by molar-refractivity contribution is 5.74. The van der Waals surface area contributed by atoms with Gasteiger partial charge in [0.2, 0.25) is 5.95 Å². The number of benzene rings is 1. The van der Waals surface area contributed by atoms with E-state index in [0.717, 1.165) is 56.5 Å². The quantitative estimate of drug-likeness (QED) is 0.699. The minimum Gasteiger partial charge on any atom is -0.378 e. The van der Waals surface area contributed by atoms with Crippen molar-refractivity contribution in [3.63, 3.8) is 0 Å². The van der Waals surface area contributed by atoms with Gasteiger partial charge in [0.25, 0.3) is 0 Å².